The van der Waals surface area contributed by atoms with E-state index < -0.39 is 5.76 Å². The van der Waals surface area contributed by atoms with Gasteiger partial charge >= 0.3 is 5.76 Å². The molecular weight excluding hydrogens is 520 g/mol. The molecule has 3 aromatic heterocycles. The maximum atomic E-state index is 11.7. The average molecular weight is 557 g/mol. The molecule has 214 valence electrons. The van der Waals surface area contributed by atoms with E-state index in [9.17, 15) is 9.90 Å². The zero-order valence-electron chi connectivity index (χ0n) is 23.2. The minimum atomic E-state index is -0.676. The molecule has 11 nitrogen and oxygen atoms in total. The number of nitrogens with zero attached hydrogens (tertiary/aromatic N) is 5. The fraction of sp³-hybridized carbons (Fsp3) is 0.500. The fourth-order valence-corrected chi connectivity index (χ4v) is 5.98. The second-order valence-electron chi connectivity index (χ2n) is 11.4. The summed E-state index contributed by atoms with van der Waals surface area (Å²) in [5.41, 5.74) is 2.19. The van der Waals surface area contributed by atoms with Gasteiger partial charge in [0, 0.05) is 18.5 Å². The van der Waals surface area contributed by atoms with Crippen molar-refractivity contribution in [2.45, 2.75) is 70.5 Å². The van der Waals surface area contributed by atoms with Gasteiger partial charge in [0.1, 0.15) is 5.52 Å². The lowest BCUT2D eigenvalue weighted by molar-refractivity contribution is 0.273. The Morgan fingerprint density at radius 1 is 1.12 bits per heavy atom. The smallest absolute Gasteiger partial charge is 0.394 e. The standard InChI is InChI=1S/C30H36N8O3/c1-3-19-12-14-20(15-13-19)16-38-24-25(31-18(2)21-10-7-11-21)33-27(28-36-30(40)41-37-28)34-26(24)35-29(38)32-23(17-39)22-8-5-4-6-9-22/h1,4-6,8-9,18-21,23,39H,7,10-17H2,2H3,(H,36,37,40)(H2,31,32,33,34,35)/t18-,19-,20-,23?/m1/s1. The van der Waals surface area contributed by atoms with Gasteiger partial charge in [0.25, 0.3) is 0 Å². The molecule has 2 atom stereocenters. The van der Waals surface area contributed by atoms with Crippen molar-refractivity contribution in [1.82, 2.24) is 29.7 Å². The summed E-state index contributed by atoms with van der Waals surface area (Å²) < 4.78 is 6.88. The van der Waals surface area contributed by atoms with Crippen LogP contribution >= 0.6 is 0 Å². The molecular formula is C30H36N8O3. The zero-order valence-corrected chi connectivity index (χ0v) is 23.2. The Balaban J connectivity index is 1.45. The minimum Gasteiger partial charge on any atom is -0.394 e. The second kappa shape index (κ2) is 11.7. The monoisotopic (exact) mass is 556 g/mol. The van der Waals surface area contributed by atoms with Gasteiger partial charge in [0.2, 0.25) is 17.6 Å². The molecule has 2 fully saturated rings. The molecule has 6 rings (SSSR count). The Bertz CT molecular complexity index is 1570. The Kier molecular flexibility index (Phi) is 7.74. The summed E-state index contributed by atoms with van der Waals surface area (Å²) in [6.07, 6.45) is 13.4. The quantitative estimate of drug-likeness (QED) is 0.209. The van der Waals surface area contributed by atoms with Gasteiger partial charge in [-0.2, -0.15) is 4.98 Å². The highest BCUT2D eigenvalue weighted by molar-refractivity contribution is 5.87. The first-order valence-electron chi connectivity index (χ1n) is 14.5. The normalized spacial score (nSPS) is 20.7. The van der Waals surface area contributed by atoms with Crippen LogP contribution in [-0.2, 0) is 6.54 Å². The van der Waals surface area contributed by atoms with Gasteiger partial charge in [-0.1, -0.05) is 41.9 Å². The summed E-state index contributed by atoms with van der Waals surface area (Å²) in [4.78, 5) is 28.7. The number of aromatic nitrogens is 6. The van der Waals surface area contributed by atoms with Crippen LogP contribution in [0.4, 0.5) is 11.8 Å². The number of aliphatic hydroxyl groups excluding tert-OH is 1. The number of aliphatic hydroxyl groups is 1. The molecule has 2 aliphatic carbocycles. The first-order valence-corrected chi connectivity index (χ1v) is 14.5. The van der Waals surface area contributed by atoms with E-state index >= 15 is 0 Å². The van der Waals surface area contributed by atoms with E-state index in [1.54, 1.807) is 0 Å². The summed E-state index contributed by atoms with van der Waals surface area (Å²) in [6, 6.07) is 9.63. The molecule has 1 unspecified atom stereocenters. The largest absolute Gasteiger partial charge is 0.439 e. The maximum Gasteiger partial charge on any atom is 0.439 e. The summed E-state index contributed by atoms with van der Waals surface area (Å²) >= 11 is 0. The summed E-state index contributed by atoms with van der Waals surface area (Å²) in [5.74, 6) is 5.14. The van der Waals surface area contributed by atoms with E-state index in [-0.39, 0.29) is 30.3 Å². The number of benzene rings is 1. The molecule has 4 N–H and O–H groups in total. The molecule has 41 heavy (non-hydrogen) atoms. The number of nitrogens with one attached hydrogen (secondary N) is 3. The predicted octanol–water partition coefficient (Wildman–Crippen LogP) is 4.36. The number of fused-ring (bicyclic) bond motifs is 1. The van der Waals surface area contributed by atoms with Gasteiger partial charge < -0.3 is 20.3 Å². The molecule has 1 aromatic carbocycles. The molecule has 0 spiro atoms. The fourth-order valence-electron chi connectivity index (χ4n) is 5.98. The molecule has 2 saturated carbocycles. The third-order valence-electron chi connectivity index (χ3n) is 8.69. The van der Waals surface area contributed by atoms with Crippen molar-refractivity contribution in [2.75, 3.05) is 17.2 Å². The van der Waals surface area contributed by atoms with E-state index in [0.29, 0.717) is 41.7 Å². The highest BCUT2D eigenvalue weighted by Crippen LogP contribution is 2.36. The van der Waals surface area contributed by atoms with Gasteiger partial charge in [-0.25, -0.2) is 14.8 Å². The van der Waals surface area contributed by atoms with Crippen LogP contribution < -0.4 is 16.4 Å². The summed E-state index contributed by atoms with van der Waals surface area (Å²) in [7, 11) is 0. The van der Waals surface area contributed by atoms with Gasteiger partial charge in [-0.15, -0.1) is 12.3 Å². The van der Waals surface area contributed by atoms with Gasteiger partial charge in [0.05, 0.1) is 12.6 Å². The van der Waals surface area contributed by atoms with Crippen molar-refractivity contribution < 1.29 is 9.63 Å². The third-order valence-corrected chi connectivity index (χ3v) is 8.69. The first-order chi connectivity index (χ1) is 20.0. The van der Waals surface area contributed by atoms with Crippen molar-refractivity contribution in [2.24, 2.45) is 17.8 Å². The third kappa shape index (κ3) is 5.70. The minimum absolute atomic E-state index is 0.110. The summed E-state index contributed by atoms with van der Waals surface area (Å²) in [5, 5.41) is 21.3. The second-order valence-corrected chi connectivity index (χ2v) is 11.4. The number of H-pyrrole nitrogens is 1. The molecule has 11 heteroatoms. The van der Waals surface area contributed by atoms with E-state index in [0.717, 1.165) is 36.8 Å². The average Bonchev–Trinajstić information content (AvgIpc) is 3.54. The molecule has 4 aromatic rings. The van der Waals surface area contributed by atoms with Crippen LogP contribution in [-0.4, -0.2) is 47.4 Å². The van der Waals surface area contributed by atoms with Crippen LogP contribution in [0.1, 0.15) is 63.5 Å². The van der Waals surface area contributed by atoms with Crippen molar-refractivity contribution in [3.05, 3.63) is 46.4 Å². The van der Waals surface area contributed by atoms with E-state index in [1.807, 2.05) is 30.3 Å². The van der Waals surface area contributed by atoms with Crippen molar-refractivity contribution in [3.63, 3.8) is 0 Å². The molecule has 0 radical (unpaired) electrons. The highest BCUT2D eigenvalue weighted by atomic mass is 16.5. The number of anilines is 2. The summed E-state index contributed by atoms with van der Waals surface area (Å²) in [6.45, 7) is 2.77. The Morgan fingerprint density at radius 3 is 2.54 bits per heavy atom. The number of terminal acetylenes is 1. The number of hydrogen-bond donors (Lipinski definition) is 4. The lowest BCUT2D eigenvalue weighted by Gasteiger charge is -2.32. The molecule has 0 aliphatic heterocycles. The number of hydrogen-bond acceptors (Lipinski definition) is 9. The lowest BCUT2D eigenvalue weighted by Crippen LogP contribution is -2.31. The molecule has 0 amide bonds. The van der Waals surface area contributed by atoms with Gasteiger partial charge in [-0.3, -0.25) is 9.51 Å². The molecule has 0 saturated heterocycles. The zero-order chi connectivity index (χ0) is 28.3. The van der Waals surface area contributed by atoms with Crippen LogP contribution in [0, 0.1) is 30.1 Å². The van der Waals surface area contributed by atoms with E-state index in [1.165, 1.54) is 19.3 Å². The Hall–Kier alpha value is -4.17. The molecule has 0 bridgehead atoms. The molecule has 3 heterocycles. The van der Waals surface area contributed by atoms with E-state index in [2.05, 4.69) is 38.2 Å². The van der Waals surface area contributed by atoms with Crippen LogP contribution in [0.25, 0.3) is 22.8 Å². The lowest BCUT2D eigenvalue weighted by atomic mass is 9.80. The SMILES string of the molecule is C#C[C@H]1CC[C@H](Cn2c(NC(CO)c3ccccc3)nc3nc(-c4noc(=O)[nH]4)nc(N[C@H](C)C4CCC4)c32)CC1. The van der Waals surface area contributed by atoms with Crippen LogP contribution in [0.15, 0.2) is 39.6 Å². The number of rotatable bonds is 10. The van der Waals surface area contributed by atoms with Crippen LogP contribution in [0.5, 0.6) is 0 Å². The van der Waals surface area contributed by atoms with Crippen molar-refractivity contribution >= 4 is 22.9 Å². The van der Waals surface area contributed by atoms with Crippen LogP contribution in [0.2, 0.25) is 0 Å². The molecule has 2 aliphatic rings. The number of imidazole rings is 1. The van der Waals surface area contributed by atoms with Crippen LogP contribution in [0.3, 0.4) is 0 Å². The van der Waals surface area contributed by atoms with Crippen molar-refractivity contribution in [1.29, 1.82) is 0 Å². The maximum absolute atomic E-state index is 11.7. The van der Waals surface area contributed by atoms with Gasteiger partial charge in [-0.05, 0) is 62.8 Å². The topological polar surface area (TPSA) is 147 Å². The Morgan fingerprint density at radius 2 is 1.90 bits per heavy atom. The first kappa shape index (κ1) is 27.0. The van der Waals surface area contributed by atoms with Gasteiger partial charge in [0.15, 0.2) is 11.5 Å². The predicted molar refractivity (Wildman–Crippen MR) is 156 cm³/mol. The van der Waals surface area contributed by atoms with Crippen molar-refractivity contribution in [3.8, 4) is 24.0 Å². The van der Waals surface area contributed by atoms with E-state index in [4.69, 9.17) is 25.9 Å². The highest BCUT2D eigenvalue weighted by Gasteiger charge is 2.29. The Labute approximate surface area is 238 Å². The number of aromatic amines is 1.